The second kappa shape index (κ2) is 7.48. The lowest BCUT2D eigenvalue weighted by molar-refractivity contribution is 0.0510. The average molecular weight is 383 g/mol. The molecule has 1 amide bonds. The second-order valence-electron chi connectivity index (χ2n) is 6.71. The highest BCUT2D eigenvalue weighted by Gasteiger charge is 2.27. The molecule has 1 saturated heterocycles. The topological polar surface area (TPSA) is 84.0 Å². The standard InChI is InChI=1S/C19H21N5O2S/c1-12-9-13(2)21-19(20-12)26-14-5-3-7-24(11-14)18(25)16-10-15(22-23-16)17-6-4-8-27-17/h4,6,8-10,14H,3,5,7,11H2,1-2H3,(H,22,23). The molecule has 0 saturated carbocycles. The molecule has 0 spiro atoms. The number of ether oxygens (including phenoxy) is 1. The Bertz CT molecular complexity index is 917. The summed E-state index contributed by atoms with van der Waals surface area (Å²) in [5.74, 6) is -0.0799. The highest BCUT2D eigenvalue weighted by atomic mass is 32.1. The normalized spacial score (nSPS) is 17.1. The third-order valence-electron chi connectivity index (χ3n) is 4.48. The first-order valence-electron chi connectivity index (χ1n) is 8.96. The van der Waals surface area contributed by atoms with Gasteiger partial charge in [-0.1, -0.05) is 6.07 Å². The summed E-state index contributed by atoms with van der Waals surface area (Å²) < 4.78 is 5.95. The molecule has 7 nitrogen and oxygen atoms in total. The van der Waals surface area contributed by atoms with Crippen LogP contribution < -0.4 is 4.74 Å². The van der Waals surface area contributed by atoms with Crippen LogP contribution in [-0.4, -0.2) is 50.2 Å². The monoisotopic (exact) mass is 383 g/mol. The zero-order valence-corrected chi connectivity index (χ0v) is 16.1. The largest absolute Gasteiger partial charge is 0.458 e. The fourth-order valence-electron chi connectivity index (χ4n) is 3.27. The molecule has 1 unspecified atom stereocenters. The lowest BCUT2D eigenvalue weighted by Crippen LogP contribution is -2.44. The number of aryl methyl sites for hydroxylation is 2. The number of aromatic nitrogens is 4. The number of hydrogen-bond acceptors (Lipinski definition) is 6. The summed E-state index contributed by atoms with van der Waals surface area (Å²) in [6.07, 6.45) is 1.64. The molecular formula is C19H21N5O2S. The van der Waals surface area contributed by atoms with Crippen molar-refractivity contribution in [2.45, 2.75) is 32.8 Å². The summed E-state index contributed by atoms with van der Waals surface area (Å²) >= 11 is 1.61. The van der Waals surface area contributed by atoms with Gasteiger partial charge in [-0.25, -0.2) is 9.97 Å². The van der Waals surface area contributed by atoms with E-state index in [9.17, 15) is 4.79 Å². The Kier molecular flexibility index (Phi) is 4.89. The minimum atomic E-state index is -0.111. The zero-order chi connectivity index (χ0) is 18.8. The number of hydrogen-bond donors (Lipinski definition) is 1. The Hall–Kier alpha value is -2.74. The summed E-state index contributed by atoms with van der Waals surface area (Å²) in [7, 11) is 0. The van der Waals surface area contributed by atoms with Crippen LogP contribution in [0.1, 0.15) is 34.7 Å². The minimum absolute atomic E-state index is 0.0799. The van der Waals surface area contributed by atoms with E-state index in [2.05, 4.69) is 20.2 Å². The quantitative estimate of drug-likeness (QED) is 0.748. The number of aromatic amines is 1. The molecule has 0 aromatic carbocycles. The number of thiophene rings is 1. The SMILES string of the molecule is Cc1cc(C)nc(OC2CCCN(C(=O)c3cc(-c4cccs4)[nH]n3)C2)n1. The molecule has 1 atom stereocenters. The van der Waals surface area contributed by atoms with E-state index in [4.69, 9.17) is 4.74 Å². The number of carbonyl (C=O) groups is 1. The maximum atomic E-state index is 12.8. The summed E-state index contributed by atoms with van der Waals surface area (Å²) in [6.45, 7) is 5.05. The van der Waals surface area contributed by atoms with Crippen molar-refractivity contribution in [3.8, 4) is 16.6 Å². The van der Waals surface area contributed by atoms with Crippen LogP contribution >= 0.6 is 11.3 Å². The molecule has 27 heavy (non-hydrogen) atoms. The molecule has 140 valence electrons. The molecule has 8 heteroatoms. The molecule has 1 fully saturated rings. The van der Waals surface area contributed by atoms with Gasteiger partial charge in [0.15, 0.2) is 5.69 Å². The molecule has 0 bridgehead atoms. The van der Waals surface area contributed by atoms with E-state index in [-0.39, 0.29) is 12.0 Å². The van der Waals surface area contributed by atoms with Gasteiger partial charge in [0, 0.05) is 17.9 Å². The fraction of sp³-hybridized carbons (Fsp3) is 0.368. The lowest BCUT2D eigenvalue weighted by Gasteiger charge is -2.31. The first-order chi connectivity index (χ1) is 13.1. The molecule has 4 rings (SSSR count). The van der Waals surface area contributed by atoms with E-state index in [1.54, 1.807) is 16.2 Å². The van der Waals surface area contributed by atoms with Crippen molar-refractivity contribution < 1.29 is 9.53 Å². The van der Waals surface area contributed by atoms with Crippen LogP contribution in [0, 0.1) is 13.8 Å². The lowest BCUT2D eigenvalue weighted by atomic mass is 10.1. The predicted octanol–water partition coefficient (Wildman–Crippen LogP) is 3.23. The molecule has 3 aromatic rings. The highest BCUT2D eigenvalue weighted by Crippen LogP contribution is 2.24. The number of piperidine rings is 1. The molecule has 0 aliphatic carbocycles. The third kappa shape index (κ3) is 4.00. The Morgan fingerprint density at radius 1 is 1.30 bits per heavy atom. The fourth-order valence-corrected chi connectivity index (χ4v) is 3.96. The summed E-state index contributed by atoms with van der Waals surface area (Å²) in [5.41, 5.74) is 3.04. The van der Waals surface area contributed by atoms with Crippen molar-refractivity contribution in [3.63, 3.8) is 0 Å². The zero-order valence-electron chi connectivity index (χ0n) is 15.3. The smallest absolute Gasteiger partial charge is 0.317 e. The minimum Gasteiger partial charge on any atom is -0.458 e. The van der Waals surface area contributed by atoms with Gasteiger partial charge in [-0.15, -0.1) is 11.3 Å². The molecule has 0 radical (unpaired) electrons. The van der Waals surface area contributed by atoms with Crippen LogP contribution in [0.25, 0.3) is 10.6 Å². The van der Waals surface area contributed by atoms with Crippen LogP contribution in [0.5, 0.6) is 6.01 Å². The van der Waals surface area contributed by atoms with Gasteiger partial charge >= 0.3 is 6.01 Å². The van der Waals surface area contributed by atoms with Gasteiger partial charge in [0.25, 0.3) is 5.91 Å². The van der Waals surface area contributed by atoms with E-state index in [0.717, 1.165) is 34.8 Å². The number of nitrogens with zero attached hydrogens (tertiary/aromatic N) is 4. The van der Waals surface area contributed by atoms with E-state index < -0.39 is 0 Å². The van der Waals surface area contributed by atoms with E-state index in [0.29, 0.717) is 24.8 Å². The van der Waals surface area contributed by atoms with Crippen molar-refractivity contribution in [2.75, 3.05) is 13.1 Å². The van der Waals surface area contributed by atoms with Crippen LogP contribution in [0.15, 0.2) is 29.6 Å². The van der Waals surface area contributed by atoms with Gasteiger partial charge in [0.2, 0.25) is 0 Å². The number of carbonyl (C=O) groups excluding carboxylic acids is 1. The third-order valence-corrected chi connectivity index (χ3v) is 5.39. The van der Waals surface area contributed by atoms with Crippen molar-refractivity contribution >= 4 is 17.2 Å². The van der Waals surface area contributed by atoms with Crippen LogP contribution in [0.2, 0.25) is 0 Å². The Balaban J connectivity index is 1.44. The first kappa shape index (κ1) is 17.7. The molecule has 4 heterocycles. The summed E-state index contributed by atoms with van der Waals surface area (Å²) in [6, 6.07) is 8.08. The van der Waals surface area contributed by atoms with Gasteiger partial charge in [0.05, 0.1) is 17.1 Å². The maximum absolute atomic E-state index is 12.8. The van der Waals surface area contributed by atoms with Crippen molar-refractivity contribution in [1.82, 2.24) is 25.1 Å². The number of nitrogens with one attached hydrogen (secondary N) is 1. The van der Waals surface area contributed by atoms with Gasteiger partial charge < -0.3 is 9.64 Å². The Morgan fingerprint density at radius 3 is 2.85 bits per heavy atom. The van der Waals surface area contributed by atoms with Gasteiger partial charge in [-0.3, -0.25) is 9.89 Å². The maximum Gasteiger partial charge on any atom is 0.317 e. The second-order valence-corrected chi connectivity index (χ2v) is 7.66. The molecular weight excluding hydrogens is 362 g/mol. The van der Waals surface area contributed by atoms with Crippen LogP contribution in [-0.2, 0) is 0 Å². The molecule has 3 aromatic heterocycles. The number of likely N-dealkylation sites (tertiary alicyclic amines) is 1. The first-order valence-corrected chi connectivity index (χ1v) is 9.84. The van der Waals surface area contributed by atoms with Gasteiger partial charge in [-0.2, -0.15) is 5.10 Å². The van der Waals surface area contributed by atoms with Crippen molar-refractivity contribution in [2.24, 2.45) is 0 Å². The van der Waals surface area contributed by atoms with Crippen molar-refractivity contribution in [3.05, 3.63) is 46.7 Å². The highest BCUT2D eigenvalue weighted by molar-refractivity contribution is 7.13. The Morgan fingerprint density at radius 2 is 2.11 bits per heavy atom. The number of H-pyrrole nitrogens is 1. The van der Waals surface area contributed by atoms with Gasteiger partial charge in [0.1, 0.15) is 6.10 Å². The average Bonchev–Trinajstić information content (AvgIpc) is 3.32. The Labute approximate surface area is 161 Å². The van der Waals surface area contributed by atoms with Crippen LogP contribution in [0.3, 0.4) is 0 Å². The molecule has 1 aliphatic rings. The van der Waals surface area contributed by atoms with Crippen LogP contribution in [0.4, 0.5) is 0 Å². The predicted molar refractivity (Wildman–Crippen MR) is 103 cm³/mol. The van der Waals surface area contributed by atoms with Gasteiger partial charge in [-0.05, 0) is 50.3 Å². The molecule has 1 aliphatic heterocycles. The summed E-state index contributed by atoms with van der Waals surface area (Å²) in [5, 5.41) is 9.16. The van der Waals surface area contributed by atoms with Crippen molar-refractivity contribution in [1.29, 1.82) is 0 Å². The van der Waals surface area contributed by atoms with E-state index >= 15 is 0 Å². The van der Waals surface area contributed by atoms with E-state index in [1.165, 1.54) is 0 Å². The van der Waals surface area contributed by atoms with E-state index in [1.807, 2.05) is 43.5 Å². The number of amides is 1. The number of rotatable bonds is 4. The molecule has 1 N–H and O–H groups in total. The summed E-state index contributed by atoms with van der Waals surface area (Å²) in [4.78, 5) is 24.4.